The maximum Gasteiger partial charge on any atom is 0.295 e. The largest absolute Gasteiger partial charge is 0.872 e. The lowest BCUT2D eigenvalue weighted by Gasteiger charge is -2.28. The van der Waals surface area contributed by atoms with Crippen LogP contribution in [0.1, 0.15) is 42.5 Å². The number of unbranched alkanes of at least 4 members (excludes halogenated alkanes) is 1. The number of amides is 1. The summed E-state index contributed by atoms with van der Waals surface area (Å²) in [5.74, 6) is -0.518. The highest BCUT2D eigenvalue weighted by Crippen LogP contribution is 2.44. The molecular weight excluding hydrogens is 472 g/mol. The molecule has 1 N–H and O–H groups in total. The minimum atomic E-state index is -0.960. The molecule has 1 saturated heterocycles. The summed E-state index contributed by atoms with van der Waals surface area (Å²) in [4.78, 5) is 31.0. The van der Waals surface area contributed by atoms with E-state index in [1.165, 1.54) is 19.1 Å². The number of H-pyrrole nitrogens is 1. The molecule has 3 aromatic rings. The highest BCUT2D eigenvalue weighted by Gasteiger charge is 2.45. The molecule has 0 aliphatic carbocycles. The number of carbonyl (C=O) groups is 2. The standard InChI is InChI=1S/C29H30N2O6/c1-4-5-15-37-21-10-8-20(9-11-21)27(32)25-26(23-16-22(35-2)12-13-24(23)36-3)31(29(34)28(25)33)18-19-7-6-14-30-17-19/h6-14,16-17,26,32H,4-5,15,18H2,1-3H3/b27-25+. The monoisotopic (exact) mass is 502 g/mol. The summed E-state index contributed by atoms with van der Waals surface area (Å²) < 4.78 is 16.7. The highest BCUT2D eigenvalue weighted by molar-refractivity contribution is 6.46. The Hall–Kier alpha value is -4.33. The van der Waals surface area contributed by atoms with E-state index in [-0.39, 0.29) is 12.1 Å². The molecule has 1 unspecified atom stereocenters. The van der Waals surface area contributed by atoms with Crippen molar-refractivity contribution in [3.63, 3.8) is 0 Å². The molecule has 1 atom stereocenters. The van der Waals surface area contributed by atoms with E-state index >= 15 is 0 Å². The van der Waals surface area contributed by atoms with Crippen LogP contribution in [0.5, 0.6) is 17.2 Å². The van der Waals surface area contributed by atoms with Crippen molar-refractivity contribution >= 4 is 17.4 Å². The number of methoxy groups -OCH3 is 2. The van der Waals surface area contributed by atoms with Crippen LogP contribution in [0, 0.1) is 0 Å². The summed E-state index contributed by atoms with van der Waals surface area (Å²) in [7, 11) is 3.02. The van der Waals surface area contributed by atoms with Gasteiger partial charge >= 0.3 is 0 Å². The summed E-state index contributed by atoms with van der Waals surface area (Å²) in [5.41, 5.74) is 1.43. The van der Waals surface area contributed by atoms with Gasteiger partial charge in [-0.05, 0) is 48.4 Å². The van der Waals surface area contributed by atoms with Gasteiger partial charge in [0.1, 0.15) is 17.2 Å². The summed E-state index contributed by atoms with van der Waals surface area (Å²) in [6.45, 7) is 2.78. The smallest absolute Gasteiger partial charge is 0.295 e. The molecule has 1 aliphatic rings. The molecule has 1 amide bonds. The zero-order valence-corrected chi connectivity index (χ0v) is 21.2. The fourth-order valence-electron chi connectivity index (χ4n) is 4.33. The molecular formula is C29H30N2O6. The van der Waals surface area contributed by atoms with Crippen molar-refractivity contribution < 1.29 is 33.9 Å². The van der Waals surface area contributed by atoms with Gasteiger partial charge in [0.15, 0.2) is 12.4 Å². The van der Waals surface area contributed by atoms with Crippen molar-refractivity contribution in [1.29, 1.82) is 0 Å². The van der Waals surface area contributed by atoms with Crippen LogP contribution in [0.15, 0.2) is 72.6 Å². The van der Waals surface area contributed by atoms with E-state index < -0.39 is 23.5 Å². The molecule has 0 spiro atoms. The Morgan fingerprint density at radius 3 is 2.43 bits per heavy atom. The third kappa shape index (κ3) is 5.43. The average Bonchev–Trinajstić information content (AvgIpc) is 3.18. The second-order valence-corrected chi connectivity index (χ2v) is 8.65. The molecule has 1 aromatic heterocycles. The molecule has 0 saturated carbocycles. The third-order valence-electron chi connectivity index (χ3n) is 6.27. The number of hydrogen-bond donors (Lipinski definition) is 0. The van der Waals surface area contributed by atoms with E-state index in [1.807, 2.05) is 6.07 Å². The van der Waals surface area contributed by atoms with Gasteiger partial charge in [0.05, 0.1) is 33.4 Å². The van der Waals surface area contributed by atoms with Gasteiger partial charge in [-0.3, -0.25) is 9.59 Å². The van der Waals surface area contributed by atoms with Gasteiger partial charge in [-0.15, -0.1) is 0 Å². The normalized spacial score (nSPS) is 16.6. The SMILES string of the molecule is CCCCOc1ccc(/C([O-])=C2\C(=O)C(=O)N(Cc3ccc[nH+]c3)C2c2cc(OC)ccc2OC)cc1. The first-order valence-electron chi connectivity index (χ1n) is 12.1. The number of rotatable bonds is 10. The van der Waals surface area contributed by atoms with Crippen molar-refractivity contribution in [3.05, 3.63) is 89.3 Å². The number of carbonyl (C=O) groups excluding carboxylic acids is 2. The van der Waals surface area contributed by atoms with Crippen LogP contribution >= 0.6 is 0 Å². The van der Waals surface area contributed by atoms with Crippen molar-refractivity contribution in [3.8, 4) is 17.2 Å². The predicted molar refractivity (Wildman–Crippen MR) is 135 cm³/mol. The van der Waals surface area contributed by atoms with Crippen molar-refractivity contribution in [2.24, 2.45) is 0 Å². The molecule has 0 radical (unpaired) electrons. The molecule has 192 valence electrons. The van der Waals surface area contributed by atoms with Gasteiger partial charge in [-0.2, -0.15) is 0 Å². The summed E-state index contributed by atoms with van der Waals surface area (Å²) in [5, 5.41) is 13.8. The lowest BCUT2D eigenvalue weighted by Crippen LogP contribution is -2.30. The molecule has 1 fully saturated rings. The van der Waals surface area contributed by atoms with E-state index in [0.29, 0.717) is 35.0 Å². The van der Waals surface area contributed by atoms with Crippen molar-refractivity contribution in [2.45, 2.75) is 32.4 Å². The maximum atomic E-state index is 13.8. The molecule has 1 aliphatic heterocycles. The Morgan fingerprint density at radius 1 is 1.03 bits per heavy atom. The van der Waals surface area contributed by atoms with Crippen LogP contribution in [-0.4, -0.2) is 37.4 Å². The Morgan fingerprint density at radius 2 is 1.78 bits per heavy atom. The van der Waals surface area contributed by atoms with Gasteiger partial charge in [0.2, 0.25) is 5.78 Å². The topological polar surface area (TPSA) is 102 Å². The number of likely N-dealkylation sites (tertiary alicyclic amines) is 1. The van der Waals surface area contributed by atoms with Gasteiger partial charge in [-0.1, -0.05) is 31.2 Å². The summed E-state index contributed by atoms with van der Waals surface area (Å²) >= 11 is 0. The second-order valence-electron chi connectivity index (χ2n) is 8.65. The number of nitrogens with one attached hydrogen (secondary N) is 1. The highest BCUT2D eigenvalue weighted by atomic mass is 16.5. The molecule has 8 nitrogen and oxygen atoms in total. The molecule has 0 bridgehead atoms. The minimum absolute atomic E-state index is 0.119. The lowest BCUT2D eigenvalue weighted by molar-refractivity contribution is -0.378. The van der Waals surface area contributed by atoms with Crippen molar-refractivity contribution in [1.82, 2.24) is 4.90 Å². The van der Waals surface area contributed by atoms with Gasteiger partial charge < -0.3 is 24.2 Å². The number of aromatic nitrogens is 1. The number of pyridine rings is 1. The Kier molecular flexibility index (Phi) is 8.08. The van der Waals surface area contributed by atoms with E-state index in [9.17, 15) is 14.7 Å². The third-order valence-corrected chi connectivity index (χ3v) is 6.27. The number of benzene rings is 2. The van der Waals surface area contributed by atoms with E-state index in [2.05, 4.69) is 11.9 Å². The molecule has 8 heteroatoms. The Bertz CT molecular complexity index is 1290. The van der Waals surface area contributed by atoms with Crippen molar-refractivity contribution in [2.75, 3.05) is 20.8 Å². The average molecular weight is 503 g/mol. The van der Waals surface area contributed by atoms with Crippen LogP contribution in [0.25, 0.3) is 5.76 Å². The van der Waals surface area contributed by atoms with Gasteiger partial charge in [0, 0.05) is 22.8 Å². The summed E-state index contributed by atoms with van der Waals surface area (Å²) in [6, 6.07) is 14.4. The van der Waals surface area contributed by atoms with Gasteiger partial charge in [-0.25, -0.2) is 4.98 Å². The fraction of sp³-hybridized carbons (Fsp3) is 0.276. The number of aromatic amines is 1. The molecule has 2 heterocycles. The Balaban J connectivity index is 1.82. The van der Waals surface area contributed by atoms with Crippen LogP contribution in [-0.2, 0) is 16.1 Å². The Labute approximate surface area is 216 Å². The molecule has 4 rings (SSSR count). The zero-order chi connectivity index (χ0) is 26.4. The number of hydrogen-bond acceptors (Lipinski definition) is 6. The van der Waals surface area contributed by atoms with Crippen LogP contribution in [0.3, 0.4) is 0 Å². The van der Waals surface area contributed by atoms with Crippen LogP contribution in [0.2, 0.25) is 0 Å². The van der Waals surface area contributed by atoms with Crippen LogP contribution in [0.4, 0.5) is 0 Å². The number of nitrogens with zero attached hydrogens (tertiary/aromatic N) is 1. The lowest BCUT2D eigenvalue weighted by atomic mass is 9.94. The fourth-order valence-corrected chi connectivity index (χ4v) is 4.33. The second kappa shape index (κ2) is 11.6. The number of ether oxygens (including phenoxy) is 3. The van der Waals surface area contributed by atoms with Crippen LogP contribution < -0.4 is 24.3 Å². The first-order valence-corrected chi connectivity index (χ1v) is 12.1. The number of Topliss-reactive ketones (excluding diaryl/α,β-unsaturated/α-hetero) is 1. The molecule has 2 aromatic carbocycles. The summed E-state index contributed by atoms with van der Waals surface area (Å²) in [6.07, 6.45) is 5.43. The number of ketones is 1. The first kappa shape index (κ1) is 25.8. The first-order chi connectivity index (χ1) is 18.0. The van der Waals surface area contributed by atoms with Gasteiger partial charge in [0.25, 0.3) is 5.91 Å². The molecule has 37 heavy (non-hydrogen) atoms. The predicted octanol–water partition coefficient (Wildman–Crippen LogP) is 3.12. The quantitative estimate of drug-likeness (QED) is 0.183. The van der Waals surface area contributed by atoms with E-state index in [4.69, 9.17) is 14.2 Å². The minimum Gasteiger partial charge on any atom is -0.872 e. The maximum absolute atomic E-state index is 13.8. The van der Waals surface area contributed by atoms with E-state index in [1.54, 1.807) is 60.9 Å². The zero-order valence-electron chi connectivity index (χ0n) is 21.2. The van der Waals surface area contributed by atoms with E-state index in [0.717, 1.165) is 18.4 Å².